The highest BCUT2D eigenvalue weighted by Crippen LogP contribution is 2.37. The molecular weight excluding hydrogens is 308 g/mol. The van der Waals surface area contributed by atoms with Crippen molar-refractivity contribution in [3.05, 3.63) is 83.2 Å². The van der Waals surface area contributed by atoms with E-state index in [1.165, 1.54) is 0 Å². The molecule has 0 fully saturated rings. The smallest absolute Gasteiger partial charge is 0.258 e. The van der Waals surface area contributed by atoms with Gasteiger partial charge in [0.2, 0.25) is 0 Å². The highest BCUT2D eigenvalue weighted by molar-refractivity contribution is 6.35. The molecule has 0 spiro atoms. The second-order valence-electron chi connectivity index (χ2n) is 6.44. The lowest BCUT2D eigenvalue weighted by Gasteiger charge is -2.09. The number of aryl methyl sites for hydroxylation is 1. The van der Waals surface area contributed by atoms with Crippen molar-refractivity contribution in [3.63, 3.8) is 0 Å². The zero-order valence-corrected chi connectivity index (χ0v) is 14.7. The molecule has 25 heavy (non-hydrogen) atoms. The van der Waals surface area contributed by atoms with E-state index in [-0.39, 0.29) is 5.91 Å². The lowest BCUT2D eigenvalue weighted by molar-refractivity contribution is -0.112. The third-order valence-corrected chi connectivity index (χ3v) is 4.88. The molecule has 3 heteroatoms. The van der Waals surface area contributed by atoms with E-state index >= 15 is 0 Å². The minimum atomic E-state index is 0.0470. The molecule has 0 bridgehead atoms. The van der Waals surface area contributed by atoms with Crippen LogP contribution in [0.25, 0.3) is 17.3 Å². The van der Waals surface area contributed by atoms with Crippen LogP contribution in [0.1, 0.15) is 22.5 Å². The van der Waals surface area contributed by atoms with Gasteiger partial charge in [0.05, 0.1) is 5.69 Å². The van der Waals surface area contributed by atoms with Gasteiger partial charge in [-0.25, -0.2) is 0 Å². The SMILES string of the molecule is Cc1cc(/C=C2/C(=O)N(C)c3ccccc32)c(C)n1-c1ccccc1. The molecule has 1 amide bonds. The molecule has 2 aromatic carbocycles. The number of fused-ring (bicyclic) bond motifs is 1. The molecule has 0 unspecified atom stereocenters. The van der Waals surface area contributed by atoms with E-state index in [1.807, 2.05) is 55.6 Å². The number of nitrogens with zero attached hydrogens (tertiary/aromatic N) is 2. The molecule has 0 N–H and O–H groups in total. The summed E-state index contributed by atoms with van der Waals surface area (Å²) in [5, 5.41) is 0. The lowest BCUT2D eigenvalue weighted by Crippen LogP contribution is -2.20. The lowest BCUT2D eigenvalue weighted by atomic mass is 10.0. The van der Waals surface area contributed by atoms with E-state index in [0.717, 1.165) is 39.5 Å². The highest BCUT2D eigenvalue weighted by Gasteiger charge is 2.29. The number of rotatable bonds is 2. The first-order chi connectivity index (χ1) is 12.1. The maximum absolute atomic E-state index is 12.7. The number of carbonyl (C=O) groups is 1. The second kappa shape index (κ2) is 5.78. The number of benzene rings is 2. The van der Waals surface area contributed by atoms with Crippen LogP contribution in [0.5, 0.6) is 0 Å². The number of para-hydroxylation sites is 2. The average molecular weight is 328 g/mol. The number of anilines is 1. The molecule has 0 aliphatic carbocycles. The molecule has 1 aromatic heterocycles. The van der Waals surface area contributed by atoms with Crippen molar-refractivity contribution >= 4 is 23.2 Å². The fourth-order valence-corrected chi connectivity index (χ4v) is 3.60. The van der Waals surface area contributed by atoms with Crippen molar-refractivity contribution in [2.24, 2.45) is 0 Å². The number of aromatic nitrogens is 1. The van der Waals surface area contributed by atoms with E-state index in [2.05, 4.69) is 36.6 Å². The Labute approximate surface area is 147 Å². The Morgan fingerprint density at radius 3 is 2.36 bits per heavy atom. The summed E-state index contributed by atoms with van der Waals surface area (Å²) < 4.78 is 2.22. The van der Waals surface area contributed by atoms with Gasteiger partial charge in [0.15, 0.2) is 0 Å². The van der Waals surface area contributed by atoms with Gasteiger partial charge < -0.3 is 9.47 Å². The number of likely N-dealkylation sites (N-methyl/N-ethyl adjacent to an activating group) is 1. The van der Waals surface area contributed by atoms with Crippen molar-refractivity contribution in [3.8, 4) is 5.69 Å². The third kappa shape index (κ3) is 2.40. The van der Waals surface area contributed by atoms with Gasteiger partial charge in [-0.15, -0.1) is 0 Å². The Hall–Kier alpha value is -3.07. The Bertz CT molecular complexity index is 996. The first-order valence-electron chi connectivity index (χ1n) is 8.41. The molecule has 1 aliphatic rings. The number of hydrogen-bond donors (Lipinski definition) is 0. The molecule has 0 saturated carbocycles. The van der Waals surface area contributed by atoms with Crippen LogP contribution in [0.15, 0.2) is 60.7 Å². The van der Waals surface area contributed by atoms with E-state index < -0.39 is 0 Å². The fourth-order valence-electron chi connectivity index (χ4n) is 3.60. The summed E-state index contributed by atoms with van der Waals surface area (Å²) in [6, 6.07) is 20.4. The Morgan fingerprint density at radius 2 is 1.60 bits per heavy atom. The molecule has 0 saturated heterocycles. The van der Waals surface area contributed by atoms with Crippen LogP contribution in [-0.4, -0.2) is 17.5 Å². The van der Waals surface area contributed by atoms with Crippen LogP contribution in [0.4, 0.5) is 5.69 Å². The fraction of sp³-hybridized carbons (Fsp3) is 0.136. The van der Waals surface area contributed by atoms with E-state index in [1.54, 1.807) is 4.90 Å². The predicted octanol–water partition coefficient (Wildman–Crippen LogP) is 4.61. The molecule has 2 heterocycles. The van der Waals surface area contributed by atoms with Gasteiger partial charge >= 0.3 is 0 Å². The normalized spacial score (nSPS) is 15.1. The minimum Gasteiger partial charge on any atom is -0.318 e. The predicted molar refractivity (Wildman–Crippen MR) is 103 cm³/mol. The Morgan fingerprint density at radius 1 is 0.920 bits per heavy atom. The summed E-state index contributed by atoms with van der Waals surface area (Å²) in [5.74, 6) is 0.0470. The zero-order valence-electron chi connectivity index (χ0n) is 14.7. The first-order valence-corrected chi connectivity index (χ1v) is 8.41. The van der Waals surface area contributed by atoms with Gasteiger partial charge in [-0.2, -0.15) is 0 Å². The Balaban J connectivity index is 1.85. The summed E-state index contributed by atoms with van der Waals surface area (Å²) in [6.45, 7) is 4.19. The van der Waals surface area contributed by atoms with Gasteiger partial charge in [0, 0.05) is 35.3 Å². The standard InChI is InChI=1S/C22H20N2O/c1-15-13-17(16(2)24(15)18-9-5-4-6-10-18)14-20-19-11-7-8-12-21(19)23(3)22(20)25/h4-14H,1-3H3/b20-14+. The summed E-state index contributed by atoms with van der Waals surface area (Å²) in [4.78, 5) is 14.4. The van der Waals surface area contributed by atoms with Crippen LogP contribution in [0.3, 0.4) is 0 Å². The highest BCUT2D eigenvalue weighted by atomic mass is 16.2. The van der Waals surface area contributed by atoms with Gasteiger partial charge in [0.25, 0.3) is 5.91 Å². The van der Waals surface area contributed by atoms with Gasteiger partial charge in [-0.05, 0) is 49.8 Å². The quantitative estimate of drug-likeness (QED) is 0.631. The van der Waals surface area contributed by atoms with E-state index in [4.69, 9.17) is 0 Å². The van der Waals surface area contributed by atoms with Crippen LogP contribution in [0.2, 0.25) is 0 Å². The summed E-state index contributed by atoms with van der Waals surface area (Å²) in [5.41, 5.74) is 7.23. The van der Waals surface area contributed by atoms with E-state index in [9.17, 15) is 4.79 Å². The molecule has 4 rings (SSSR count). The van der Waals surface area contributed by atoms with Crippen molar-refractivity contribution in [2.75, 3.05) is 11.9 Å². The maximum Gasteiger partial charge on any atom is 0.258 e. The van der Waals surface area contributed by atoms with Crippen molar-refractivity contribution < 1.29 is 4.79 Å². The van der Waals surface area contributed by atoms with E-state index in [0.29, 0.717) is 0 Å². The van der Waals surface area contributed by atoms with Gasteiger partial charge in [-0.1, -0.05) is 36.4 Å². The molecule has 0 atom stereocenters. The molecule has 3 aromatic rings. The van der Waals surface area contributed by atoms with Crippen LogP contribution in [-0.2, 0) is 4.79 Å². The van der Waals surface area contributed by atoms with Gasteiger partial charge in [-0.3, -0.25) is 4.79 Å². The van der Waals surface area contributed by atoms with Crippen molar-refractivity contribution in [2.45, 2.75) is 13.8 Å². The largest absolute Gasteiger partial charge is 0.318 e. The molecule has 0 radical (unpaired) electrons. The van der Waals surface area contributed by atoms with Crippen LogP contribution in [0, 0.1) is 13.8 Å². The van der Waals surface area contributed by atoms with Crippen LogP contribution >= 0.6 is 0 Å². The second-order valence-corrected chi connectivity index (χ2v) is 6.44. The van der Waals surface area contributed by atoms with Gasteiger partial charge in [0.1, 0.15) is 0 Å². The molecule has 1 aliphatic heterocycles. The molecule has 124 valence electrons. The number of hydrogen-bond acceptors (Lipinski definition) is 1. The molecular formula is C22H20N2O. The van der Waals surface area contributed by atoms with Crippen molar-refractivity contribution in [1.82, 2.24) is 4.57 Å². The Kier molecular flexibility index (Phi) is 3.57. The van der Waals surface area contributed by atoms with Crippen LogP contribution < -0.4 is 4.90 Å². The topological polar surface area (TPSA) is 25.2 Å². The summed E-state index contributed by atoms with van der Waals surface area (Å²) in [6.07, 6.45) is 2.02. The molecule has 3 nitrogen and oxygen atoms in total. The third-order valence-electron chi connectivity index (χ3n) is 4.88. The summed E-state index contributed by atoms with van der Waals surface area (Å²) in [7, 11) is 1.83. The first kappa shape index (κ1) is 15.5. The minimum absolute atomic E-state index is 0.0470. The zero-order chi connectivity index (χ0) is 17.6. The number of carbonyl (C=O) groups excluding carboxylic acids is 1. The number of amides is 1. The summed E-state index contributed by atoms with van der Waals surface area (Å²) >= 11 is 0. The monoisotopic (exact) mass is 328 g/mol. The maximum atomic E-state index is 12.7. The van der Waals surface area contributed by atoms with Crippen molar-refractivity contribution in [1.29, 1.82) is 0 Å². The average Bonchev–Trinajstić information content (AvgIpc) is 3.04.